The van der Waals surface area contributed by atoms with Crippen molar-refractivity contribution in [1.82, 2.24) is 4.90 Å². The first-order valence-corrected chi connectivity index (χ1v) is 9.72. The molecule has 0 amide bonds. The summed E-state index contributed by atoms with van der Waals surface area (Å²) in [4.78, 5) is 15.0. The number of esters is 1. The number of carbonyl (C=O) groups excluding carboxylic acids is 1. The van der Waals surface area contributed by atoms with Gasteiger partial charge in [-0.2, -0.15) is 0 Å². The summed E-state index contributed by atoms with van der Waals surface area (Å²) in [6, 6.07) is 20.4. The molecule has 0 aromatic heterocycles. The molecule has 0 bridgehead atoms. The summed E-state index contributed by atoms with van der Waals surface area (Å²) in [5, 5.41) is 0. The molecule has 0 fully saturated rings. The van der Waals surface area contributed by atoms with E-state index in [1.807, 2.05) is 36.4 Å². The molecule has 2 aromatic rings. The zero-order chi connectivity index (χ0) is 18.6. The van der Waals surface area contributed by atoms with Crippen molar-refractivity contribution in [3.63, 3.8) is 0 Å². The third-order valence-electron chi connectivity index (χ3n) is 4.83. The van der Waals surface area contributed by atoms with Gasteiger partial charge in [0, 0.05) is 6.54 Å². The molecule has 4 heteroatoms. The number of hydrogen-bond donors (Lipinski definition) is 0. The summed E-state index contributed by atoms with van der Waals surface area (Å²) in [6.45, 7) is 7.47. The van der Waals surface area contributed by atoms with Gasteiger partial charge in [0.05, 0.1) is 5.92 Å². The van der Waals surface area contributed by atoms with E-state index >= 15 is 0 Å². The molecule has 0 aliphatic rings. The second-order valence-corrected chi connectivity index (χ2v) is 6.54. The number of nitrogens with zero attached hydrogens (tertiary/aromatic N) is 1. The van der Waals surface area contributed by atoms with Gasteiger partial charge in [0.1, 0.15) is 6.61 Å². The van der Waals surface area contributed by atoms with Crippen molar-refractivity contribution in [2.24, 2.45) is 0 Å². The lowest BCUT2D eigenvalue weighted by atomic mass is 9.92. The Hall–Kier alpha value is -1.84. The standard InChI is InChI=1S/C23H31NO2.ClH/c1-3-24(4-2)18-19-26-23(25)22(21-15-9-6-10-16-21)17-11-14-20-12-7-5-8-13-20;/h5-10,12-13,15-16,22H,3-4,11,14,17-19H2,1-2H3;1H. The van der Waals surface area contributed by atoms with Crippen LogP contribution >= 0.6 is 12.4 Å². The molecule has 1 atom stereocenters. The first kappa shape index (κ1) is 23.2. The molecular formula is C23H32ClNO2. The van der Waals surface area contributed by atoms with Gasteiger partial charge >= 0.3 is 5.97 Å². The number of aryl methyl sites for hydroxylation is 1. The number of rotatable bonds is 11. The number of halogens is 1. The highest BCUT2D eigenvalue weighted by Gasteiger charge is 2.21. The molecule has 0 saturated carbocycles. The summed E-state index contributed by atoms with van der Waals surface area (Å²) >= 11 is 0. The summed E-state index contributed by atoms with van der Waals surface area (Å²) < 4.78 is 5.61. The van der Waals surface area contributed by atoms with Crippen LogP contribution in [-0.2, 0) is 16.0 Å². The van der Waals surface area contributed by atoms with Gasteiger partial charge in [-0.05, 0) is 43.5 Å². The lowest BCUT2D eigenvalue weighted by molar-refractivity contribution is -0.146. The van der Waals surface area contributed by atoms with Gasteiger partial charge in [0.15, 0.2) is 0 Å². The van der Waals surface area contributed by atoms with Crippen LogP contribution in [0, 0.1) is 0 Å². The van der Waals surface area contributed by atoms with Gasteiger partial charge in [-0.3, -0.25) is 4.79 Å². The summed E-state index contributed by atoms with van der Waals surface area (Å²) in [7, 11) is 0. The highest BCUT2D eigenvalue weighted by atomic mass is 35.5. The lowest BCUT2D eigenvalue weighted by Gasteiger charge is -2.20. The van der Waals surface area contributed by atoms with Crippen molar-refractivity contribution in [3.05, 3.63) is 71.8 Å². The Morgan fingerprint density at radius 3 is 2.15 bits per heavy atom. The largest absolute Gasteiger partial charge is 0.464 e. The van der Waals surface area contributed by atoms with E-state index in [0.29, 0.717) is 6.61 Å². The Kier molecular flexibility index (Phi) is 11.5. The number of carbonyl (C=O) groups is 1. The van der Waals surface area contributed by atoms with Crippen LogP contribution in [0.4, 0.5) is 0 Å². The Labute approximate surface area is 170 Å². The number of ether oxygens (including phenoxy) is 1. The van der Waals surface area contributed by atoms with E-state index in [2.05, 4.69) is 43.0 Å². The average molecular weight is 390 g/mol. The molecule has 1 unspecified atom stereocenters. The molecule has 0 N–H and O–H groups in total. The molecule has 3 nitrogen and oxygen atoms in total. The SMILES string of the molecule is CCN(CC)CCOC(=O)C(CCCc1ccccc1)c1ccccc1.Cl. The Morgan fingerprint density at radius 2 is 1.56 bits per heavy atom. The van der Waals surface area contributed by atoms with Crippen LogP contribution in [0.1, 0.15) is 43.7 Å². The van der Waals surface area contributed by atoms with Crippen molar-refractivity contribution in [1.29, 1.82) is 0 Å². The highest BCUT2D eigenvalue weighted by molar-refractivity contribution is 5.85. The number of benzene rings is 2. The zero-order valence-corrected chi connectivity index (χ0v) is 17.3. The van der Waals surface area contributed by atoms with E-state index in [9.17, 15) is 4.79 Å². The van der Waals surface area contributed by atoms with Crippen LogP contribution < -0.4 is 0 Å². The van der Waals surface area contributed by atoms with Crippen molar-refractivity contribution < 1.29 is 9.53 Å². The second kappa shape index (κ2) is 13.3. The maximum atomic E-state index is 12.7. The predicted molar refractivity (Wildman–Crippen MR) is 115 cm³/mol. The minimum atomic E-state index is -0.184. The number of likely N-dealkylation sites (N-methyl/N-ethyl adjacent to an activating group) is 1. The quantitative estimate of drug-likeness (QED) is 0.501. The fourth-order valence-corrected chi connectivity index (χ4v) is 3.18. The van der Waals surface area contributed by atoms with Crippen molar-refractivity contribution in [3.8, 4) is 0 Å². The van der Waals surface area contributed by atoms with Crippen LogP contribution in [0.25, 0.3) is 0 Å². The fourth-order valence-electron chi connectivity index (χ4n) is 3.18. The topological polar surface area (TPSA) is 29.5 Å². The van der Waals surface area contributed by atoms with Crippen LogP contribution in [0.3, 0.4) is 0 Å². The molecule has 2 aromatic carbocycles. The normalized spacial score (nSPS) is 11.7. The van der Waals surface area contributed by atoms with E-state index in [1.165, 1.54) is 5.56 Å². The van der Waals surface area contributed by atoms with Crippen LogP contribution in [0.15, 0.2) is 60.7 Å². The van der Waals surface area contributed by atoms with Crippen LogP contribution in [0.5, 0.6) is 0 Å². The Bertz CT molecular complexity index is 629. The van der Waals surface area contributed by atoms with Gasteiger partial charge in [-0.1, -0.05) is 74.5 Å². The van der Waals surface area contributed by atoms with Crippen LogP contribution in [0.2, 0.25) is 0 Å². The third kappa shape index (κ3) is 8.15. The first-order valence-electron chi connectivity index (χ1n) is 9.72. The molecular weight excluding hydrogens is 358 g/mol. The Balaban J connectivity index is 0.00000364. The lowest BCUT2D eigenvalue weighted by Crippen LogP contribution is -2.29. The molecule has 0 aliphatic carbocycles. The van der Waals surface area contributed by atoms with E-state index in [0.717, 1.165) is 44.5 Å². The minimum Gasteiger partial charge on any atom is -0.464 e. The molecule has 0 heterocycles. The molecule has 148 valence electrons. The van der Waals surface area contributed by atoms with E-state index in [1.54, 1.807) is 0 Å². The fraction of sp³-hybridized carbons (Fsp3) is 0.435. The summed E-state index contributed by atoms with van der Waals surface area (Å²) in [5.41, 5.74) is 2.36. The maximum Gasteiger partial charge on any atom is 0.313 e. The monoisotopic (exact) mass is 389 g/mol. The predicted octanol–water partition coefficient (Wildman–Crippen LogP) is 5.10. The zero-order valence-electron chi connectivity index (χ0n) is 16.5. The average Bonchev–Trinajstić information content (AvgIpc) is 2.70. The van der Waals surface area contributed by atoms with Crippen molar-refractivity contribution in [2.75, 3.05) is 26.2 Å². The van der Waals surface area contributed by atoms with Crippen molar-refractivity contribution >= 4 is 18.4 Å². The van der Waals surface area contributed by atoms with Gasteiger partial charge in [0.2, 0.25) is 0 Å². The minimum absolute atomic E-state index is 0. The molecule has 0 radical (unpaired) electrons. The highest BCUT2D eigenvalue weighted by Crippen LogP contribution is 2.24. The maximum absolute atomic E-state index is 12.7. The molecule has 0 aliphatic heterocycles. The first-order chi connectivity index (χ1) is 12.7. The van der Waals surface area contributed by atoms with Gasteiger partial charge in [0.25, 0.3) is 0 Å². The van der Waals surface area contributed by atoms with E-state index in [-0.39, 0.29) is 24.3 Å². The third-order valence-corrected chi connectivity index (χ3v) is 4.83. The molecule has 0 spiro atoms. The Morgan fingerprint density at radius 1 is 0.963 bits per heavy atom. The summed E-state index contributed by atoms with van der Waals surface area (Å²) in [5.74, 6) is -0.284. The van der Waals surface area contributed by atoms with Crippen molar-refractivity contribution in [2.45, 2.75) is 39.0 Å². The molecule has 27 heavy (non-hydrogen) atoms. The van der Waals surface area contributed by atoms with Gasteiger partial charge < -0.3 is 9.64 Å². The smallest absolute Gasteiger partial charge is 0.313 e. The molecule has 2 rings (SSSR count). The molecule has 0 saturated heterocycles. The van der Waals surface area contributed by atoms with Gasteiger partial charge in [-0.15, -0.1) is 12.4 Å². The second-order valence-electron chi connectivity index (χ2n) is 6.54. The van der Waals surface area contributed by atoms with Gasteiger partial charge in [-0.25, -0.2) is 0 Å². The van der Waals surface area contributed by atoms with E-state index in [4.69, 9.17) is 4.74 Å². The number of hydrogen-bond acceptors (Lipinski definition) is 3. The summed E-state index contributed by atoms with van der Waals surface area (Å²) in [6.07, 6.45) is 2.76. The van der Waals surface area contributed by atoms with E-state index < -0.39 is 0 Å². The van der Waals surface area contributed by atoms with Crippen LogP contribution in [-0.4, -0.2) is 37.1 Å².